The SMILES string of the molecule is OCC(F)=Cc1ccc(-c2cccs2)s1. The summed E-state index contributed by atoms with van der Waals surface area (Å²) in [5.41, 5.74) is 0. The molecule has 2 rings (SSSR count). The summed E-state index contributed by atoms with van der Waals surface area (Å²) in [6, 6.07) is 7.85. The molecule has 78 valence electrons. The molecule has 4 heteroatoms. The minimum absolute atomic E-state index is 0.505. The third-order valence-corrected chi connectivity index (χ3v) is 3.94. The Labute approximate surface area is 95.1 Å². The van der Waals surface area contributed by atoms with E-state index in [9.17, 15) is 4.39 Å². The van der Waals surface area contributed by atoms with E-state index in [2.05, 4.69) is 0 Å². The molecule has 1 N–H and O–H groups in total. The van der Waals surface area contributed by atoms with Crippen LogP contribution in [-0.4, -0.2) is 11.7 Å². The maximum absolute atomic E-state index is 12.8. The van der Waals surface area contributed by atoms with E-state index in [1.54, 1.807) is 11.3 Å². The van der Waals surface area contributed by atoms with E-state index in [0.29, 0.717) is 0 Å². The van der Waals surface area contributed by atoms with Crippen molar-refractivity contribution in [3.63, 3.8) is 0 Å². The molecule has 0 aliphatic rings. The molecule has 0 atom stereocenters. The van der Waals surface area contributed by atoms with Gasteiger partial charge in [0.2, 0.25) is 0 Å². The summed E-state index contributed by atoms with van der Waals surface area (Å²) in [7, 11) is 0. The van der Waals surface area contributed by atoms with Crippen molar-refractivity contribution < 1.29 is 9.50 Å². The van der Waals surface area contributed by atoms with E-state index in [-0.39, 0.29) is 0 Å². The molecule has 0 aromatic carbocycles. The quantitative estimate of drug-likeness (QED) is 0.865. The molecule has 0 bridgehead atoms. The van der Waals surface area contributed by atoms with Crippen LogP contribution in [0.15, 0.2) is 35.5 Å². The predicted molar refractivity (Wildman–Crippen MR) is 63.8 cm³/mol. The van der Waals surface area contributed by atoms with E-state index >= 15 is 0 Å². The van der Waals surface area contributed by atoms with Gasteiger partial charge in [0.1, 0.15) is 5.83 Å². The van der Waals surface area contributed by atoms with Gasteiger partial charge in [-0.3, -0.25) is 0 Å². The fourth-order valence-corrected chi connectivity index (χ4v) is 2.98. The highest BCUT2D eigenvalue weighted by molar-refractivity contribution is 7.21. The van der Waals surface area contributed by atoms with Gasteiger partial charge in [-0.05, 0) is 29.7 Å². The Kier molecular flexibility index (Phi) is 3.30. The molecule has 0 amide bonds. The largest absolute Gasteiger partial charge is 0.389 e. The minimum atomic E-state index is -0.535. The molecule has 0 fully saturated rings. The highest BCUT2D eigenvalue weighted by Crippen LogP contribution is 2.32. The minimum Gasteiger partial charge on any atom is -0.389 e. The van der Waals surface area contributed by atoms with Crippen LogP contribution in [0.25, 0.3) is 15.8 Å². The van der Waals surface area contributed by atoms with E-state index in [1.807, 2.05) is 29.6 Å². The number of thiophene rings is 2. The monoisotopic (exact) mass is 240 g/mol. The third-order valence-electron chi connectivity index (χ3n) is 1.84. The Morgan fingerprint density at radius 3 is 2.87 bits per heavy atom. The van der Waals surface area contributed by atoms with E-state index in [1.165, 1.54) is 22.3 Å². The van der Waals surface area contributed by atoms with Crippen molar-refractivity contribution >= 4 is 28.7 Å². The number of hydrogen-bond acceptors (Lipinski definition) is 3. The molecule has 0 spiro atoms. The van der Waals surface area contributed by atoms with Crippen LogP contribution in [-0.2, 0) is 0 Å². The molecule has 0 aliphatic heterocycles. The number of rotatable bonds is 3. The van der Waals surface area contributed by atoms with Gasteiger partial charge in [0.25, 0.3) is 0 Å². The maximum Gasteiger partial charge on any atom is 0.127 e. The lowest BCUT2D eigenvalue weighted by Crippen LogP contribution is -1.79. The van der Waals surface area contributed by atoms with Gasteiger partial charge in [-0.1, -0.05) is 6.07 Å². The third kappa shape index (κ3) is 2.53. The zero-order valence-corrected chi connectivity index (χ0v) is 9.45. The fraction of sp³-hybridized carbons (Fsp3) is 0.0909. The molecular weight excluding hydrogens is 231 g/mol. The summed E-state index contributed by atoms with van der Waals surface area (Å²) in [5.74, 6) is -0.505. The van der Waals surface area contributed by atoms with Crippen molar-refractivity contribution in [3.8, 4) is 9.75 Å². The maximum atomic E-state index is 12.8. The Bertz CT molecular complexity index is 457. The average molecular weight is 240 g/mol. The van der Waals surface area contributed by atoms with Crippen LogP contribution in [0.1, 0.15) is 4.88 Å². The molecule has 0 saturated carbocycles. The molecule has 0 unspecified atom stereocenters. The van der Waals surface area contributed by atoms with Gasteiger partial charge in [-0.15, -0.1) is 22.7 Å². The molecule has 15 heavy (non-hydrogen) atoms. The van der Waals surface area contributed by atoms with Gasteiger partial charge in [0, 0.05) is 14.6 Å². The first-order valence-corrected chi connectivity index (χ1v) is 6.10. The van der Waals surface area contributed by atoms with Gasteiger partial charge in [0.05, 0.1) is 6.61 Å². The summed E-state index contributed by atoms with van der Waals surface area (Å²) in [6.07, 6.45) is 1.36. The molecule has 1 nitrogen and oxygen atoms in total. The first-order valence-electron chi connectivity index (χ1n) is 4.40. The van der Waals surface area contributed by atoms with Gasteiger partial charge in [-0.2, -0.15) is 0 Å². The average Bonchev–Trinajstić information content (AvgIpc) is 2.85. The van der Waals surface area contributed by atoms with Crippen LogP contribution >= 0.6 is 22.7 Å². The van der Waals surface area contributed by atoms with Gasteiger partial charge in [-0.25, -0.2) is 4.39 Å². The second-order valence-corrected chi connectivity index (χ2v) is 4.99. The standard InChI is InChI=1S/C11H9FOS2/c12-8(7-13)6-9-3-4-11(15-9)10-2-1-5-14-10/h1-6,13H,7H2. The zero-order chi connectivity index (χ0) is 10.7. The van der Waals surface area contributed by atoms with E-state index in [0.717, 1.165) is 9.75 Å². The smallest absolute Gasteiger partial charge is 0.127 e. The van der Waals surface area contributed by atoms with Gasteiger partial charge >= 0.3 is 0 Å². The van der Waals surface area contributed by atoms with Crippen molar-refractivity contribution in [3.05, 3.63) is 40.3 Å². The molecule has 0 aliphatic carbocycles. The normalized spacial score (nSPS) is 12.0. The Hall–Kier alpha value is -0.970. The van der Waals surface area contributed by atoms with E-state index in [4.69, 9.17) is 5.11 Å². The summed E-state index contributed by atoms with van der Waals surface area (Å²) in [4.78, 5) is 3.14. The fourth-order valence-electron chi connectivity index (χ4n) is 1.18. The zero-order valence-electron chi connectivity index (χ0n) is 7.81. The lowest BCUT2D eigenvalue weighted by molar-refractivity contribution is 0.300. The van der Waals surface area contributed by atoms with E-state index < -0.39 is 12.4 Å². The van der Waals surface area contributed by atoms with Crippen LogP contribution in [0.3, 0.4) is 0 Å². The second-order valence-electron chi connectivity index (χ2n) is 2.93. The molecular formula is C11H9FOS2. The van der Waals surface area contributed by atoms with Crippen LogP contribution in [0.2, 0.25) is 0 Å². The van der Waals surface area contributed by atoms with Crippen molar-refractivity contribution in [2.24, 2.45) is 0 Å². The lowest BCUT2D eigenvalue weighted by Gasteiger charge is -1.89. The second kappa shape index (κ2) is 4.70. The molecule has 2 aromatic heterocycles. The first kappa shape index (κ1) is 10.5. The summed E-state index contributed by atoms with van der Waals surface area (Å²) in [6.45, 7) is -0.535. The summed E-state index contributed by atoms with van der Waals surface area (Å²) >= 11 is 3.18. The summed E-state index contributed by atoms with van der Waals surface area (Å²) in [5, 5.41) is 10.6. The molecule has 2 heterocycles. The van der Waals surface area contributed by atoms with Crippen LogP contribution in [0.4, 0.5) is 4.39 Å². The van der Waals surface area contributed by atoms with Crippen molar-refractivity contribution in [1.82, 2.24) is 0 Å². The van der Waals surface area contributed by atoms with Crippen molar-refractivity contribution in [2.75, 3.05) is 6.61 Å². The molecule has 2 aromatic rings. The van der Waals surface area contributed by atoms with Crippen molar-refractivity contribution in [1.29, 1.82) is 0 Å². The highest BCUT2D eigenvalue weighted by Gasteiger charge is 2.02. The topological polar surface area (TPSA) is 20.2 Å². The number of hydrogen-bond donors (Lipinski definition) is 1. The Balaban J connectivity index is 2.25. The van der Waals surface area contributed by atoms with Gasteiger partial charge < -0.3 is 5.11 Å². The molecule has 0 saturated heterocycles. The predicted octanol–water partition coefficient (Wildman–Crippen LogP) is 3.78. The van der Waals surface area contributed by atoms with Crippen LogP contribution in [0.5, 0.6) is 0 Å². The van der Waals surface area contributed by atoms with Crippen molar-refractivity contribution in [2.45, 2.75) is 0 Å². The first-order chi connectivity index (χ1) is 7.29. The Morgan fingerprint density at radius 1 is 1.33 bits per heavy atom. The van der Waals surface area contributed by atoms with Gasteiger partial charge in [0.15, 0.2) is 0 Å². The number of aliphatic hydroxyl groups is 1. The Morgan fingerprint density at radius 2 is 2.20 bits per heavy atom. The van der Waals surface area contributed by atoms with Crippen LogP contribution < -0.4 is 0 Å². The molecule has 0 radical (unpaired) electrons. The highest BCUT2D eigenvalue weighted by atomic mass is 32.1. The number of halogens is 1. The number of aliphatic hydroxyl groups excluding tert-OH is 1. The lowest BCUT2D eigenvalue weighted by atomic mass is 10.3. The summed E-state index contributed by atoms with van der Waals surface area (Å²) < 4.78 is 12.8. The van der Waals surface area contributed by atoms with Crippen LogP contribution in [0, 0.1) is 0 Å².